The minimum atomic E-state index is -4.54. The first-order valence-electron chi connectivity index (χ1n) is 11.6. The van der Waals surface area contributed by atoms with Crippen molar-refractivity contribution in [3.63, 3.8) is 0 Å². The molecule has 0 atom stereocenters. The molecule has 0 aliphatic carbocycles. The molecular formula is C26H29F3N2O4S. The Hall–Kier alpha value is -3.14. The van der Waals surface area contributed by atoms with Gasteiger partial charge >= 0.3 is 12.3 Å². The molecule has 1 amide bonds. The Kier molecular flexibility index (Phi) is 8.28. The summed E-state index contributed by atoms with van der Waals surface area (Å²) in [4.78, 5) is 18.5. The van der Waals surface area contributed by atoms with Crippen LogP contribution in [0.3, 0.4) is 0 Å². The quantitative estimate of drug-likeness (QED) is 0.351. The highest BCUT2D eigenvalue weighted by Crippen LogP contribution is 2.31. The molecule has 1 aromatic heterocycles. The SMILES string of the molecule is CCCS(=O)(=O)c1nc2c(C)cccc2cc1CN(Cc1cc(C)cc(C(F)(F)F)c1)C(=O)OCC. The van der Waals surface area contributed by atoms with Gasteiger partial charge in [-0.25, -0.2) is 18.2 Å². The Labute approximate surface area is 209 Å². The van der Waals surface area contributed by atoms with Crippen molar-refractivity contribution in [2.24, 2.45) is 0 Å². The van der Waals surface area contributed by atoms with Crippen molar-refractivity contribution in [2.75, 3.05) is 12.4 Å². The fraction of sp³-hybridized carbons (Fsp3) is 0.385. The van der Waals surface area contributed by atoms with Gasteiger partial charge in [-0.15, -0.1) is 0 Å². The van der Waals surface area contributed by atoms with E-state index in [1.807, 2.05) is 19.1 Å². The van der Waals surface area contributed by atoms with Crippen molar-refractivity contribution in [3.8, 4) is 0 Å². The molecular weight excluding hydrogens is 493 g/mol. The number of hydrogen-bond donors (Lipinski definition) is 0. The fourth-order valence-electron chi connectivity index (χ4n) is 4.06. The average molecular weight is 523 g/mol. The summed E-state index contributed by atoms with van der Waals surface area (Å²) >= 11 is 0. The van der Waals surface area contributed by atoms with E-state index in [4.69, 9.17) is 4.74 Å². The number of aromatic nitrogens is 1. The molecule has 0 N–H and O–H groups in total. The van der Waals surface area contributed by atoms with E-state index in [0.717, 1.165) is 17.7 Å². The third-order valence-corrected chi connectivity index (χ3v) is 7.47. The van der Waals surface area contributed by atoms with Crippen molar-refractivity contribution >= 4 is 26.8 Å². The first kappa shape index (κ1) is 27.4. The number of halogens is 3. The molecule has 10 heteroatoms. The van der Waals surface area contributed by atoms with E-state index in [2.05, 4.69) is 4.98 Å². The predicted octanol–water partition coefficient (Wildman–Crippen LogP) is 6.21. The van der Waals surface area contributed by atoms with Gasteiger partial charge in [-0.1, -0.05) is 36.8 Å². The summed E-state index contributed by atoms with van der Waals surface area (Å²) in [7, 11) is -3.78. The standard InChI is InChI=1S/C26H29F3N2O4S/c1-5-10-36(33,34)24-21(14-20-9-7-8-18(4)23(20)30-24)16-31(25(32)35-6-2)15-19-11-17(3)12-22(13-19)26(27,28)29/h7-9,11-14H,5-6,10,15-16H2,1-4H3. The number of hydrogen-bond acceptors (Lipinski definition) is 5. The molecule has 0 unspecified atom stereocenters. The third-order valence-electron chi connectivity index (χ3n) is 5.58. The molecule has 0 radical (unpaired) electrons. The molecule has 0 fully saturated rings. The zero-order valence-corrected chi connectivity index (χ0v) is 21.5. The highest BCUT2D eigenvalue weighted by atomic mass is 32.2. The molecule has 3 rings (SSSR count). The highest BCUT2D eigenvalue weighted by Gasteiger charge is 2.31. The number of nitrogens with zero attached hydrogens (tertiary/aromatic N) is 2. The summed E-state index contributed by atoms with van der Waals surface area (Å²) in [6, 6.07) is 10.7. The number of carbonyl (C=O) groups excluding carboxylic acids is 1. The lowest BCUT2D eigenvalue weighted by Crippen LogP contribution is -2.31. The van der Waals surface area contributed by atoms with Gasteiger partial charge in [0.2, 0.25) is 0 Å². The Bertz CT molecular complexity index is 1370. The predicted molar refractivity (Wildman–Crippen MR) is 131 cm³/mol. The molecule has 3 aromatic rings. The van der Waals surface area contributed by atoms with Gasteiger partial charge in [0.15, 0.2) is 14.9 Å². The van der Waals surface area contributed by atoms with Crippen LogP contribution < -0.4 is 0 Å². The van der Waals surface area contributed by atoms with Gasteiger partial charge in [0.05, 0.1) is 30.0 Å². The molecule has 1 heterocycles. The lowest BCUT2D eigenvalue weighted by atomic mass is 10.1. The monoisotopic (exact) mass is 522 g/mol. The summed E-state index contributed by atoms with van der Waals surface area (Å²) in [6.07, 6.45) is -4.94. The first-order valence-corrected chi connectivity index (χ1v) is 13.2. The maximum absolute atomic E-state index is 13.4. The lowest BCUT2D eigenvalue weighted by Gasteiger charge is -2.24. The molecule has 0 saturated heterocycles. The van der Waals surface area contributed by atoms with Crippen molar-refractivity contribution in [1.82, 2.24) is 9.88 Å². The summed E-state index contributed by atoms with van der Waals surface area (Å²) < 4.78 is 71.5. The van der Waals surface area contributed by atoms with E-state index in [9.17, 15) is 26.4 Å². The van der Waals surface area contributed by atoms with Crippen LogP contribution in [0.5, 0.6) is 0 Å². The van der Waals surface area contributed by atoms with Crippen LogP contribution in [-0.4, -0.2) is 36.8 Å². The van der Waals surface area contributed by atoms with E-state index in [1.165, 1.54) is 4.90 Å². The Morgan fingerprint density at radius 1 is 1.06 bits per heavy atom. The topological polar surface area (TPSA) is 76.6 Å². The number of carbonyl (C=O) groups is 1. The maximum atomic E-state index is 13.4. The van der Waals surface area contributed by atoms with Crippen LogP contribution in [0.25, 0.3) is 10.9 Å². The number of rotatable bonds is 8. The van der Waals surface area contributed by atoms with Gasteiger partial charge < -0.3 is 4.74 Å². The van der Waals surface area contributed by atoms with E-state index in [1.54, 1.807) is 39.0 Å². The summed E-state index contributed by atoms with van der Waals surface area (Å²) in [5, 5.41) is 0.555. The van der Waals surface area contributed by atoms with E-state index >= 15 is 0 Å². The van der Waals surface area contributed by atoms with Gasteiger partial charge in [-0.05, 0) is 56.5 Å². The number of pyridine rings is 1. The zero-order chi connectivity index (χ0) is 26.7. The summed E-state index contributed by atoms with van der Waals surface area (Å²) in [5.41, 5.74) is 1.42. The number of ether oxygens (including phenoxy) is 1. The zero-order valence-electron chi connectivity index (χ0n) is 20.6. The Balaban J connectivity index is 2.12. The second kappa shape index (κ2) is 10.9. The highest BCUT2D eigenvalue weighted by molar-refractivity contribution is 7.91. The first-order chi connectivity index (χ1) is 16.9. The van der Waals surface area contributed by atoms with Crippen molar-refractivity contribution in [2.45, 2.75) is 58.4 Å². The van der Waals surface area contributed by atoms with Crippen molar-refractivity contribution in [3.05, 3.63) is 70.3 Å². The van der Waals surface area contributed by atoms with Crippen molar-refractivity contribution in [1.29, 1.82) is 0 Å². The number of sulfone groups is 1. The maximum Gasteiger partial charge on any atom is 0.416 e. The minimum Gasteiger partial charge on any atom is -0.450 e. The molecule has 0 saturated carbocycles. The van der Waals surface area contributed by atoms with Gasteiger partial charge in [0, 0.05) is 17.5 Å². The third kappa shape index (κ3) is 6.34. The van der Waals surface area contributed by atoms with E-state index in [-0.39, 0.29) is 41.6 Å². The average Bonchev–Trinajstić information content (AvgIpc) is 2.77. The minimum absolute atomic E-state index is 0.0487. The summed E-state index contributed by atoms with van der Waals surface area (Å²) in [6.45, 7) is 6.36. The number of para-hydroxylation sites is 1. The van der Waals surface area contributed by atoms with Crippen LogP contribution in [0, 0.1) is 13.8 Å². The molecule has 2 aromatic carbocycles. The Morgan fingerprint density at radius 3 is 2.42 bits per heavy atom. The molecule has 194 valence electrons. The van der Waals surface area contributed by atoms with E-state index in [0.29, 0.717) is 22.9 Å². The fourth-order valence-corrected chi connectivity index (χ4v) is 5.55. The van der Waals surface area contributed by atoms with Crippen LogP contribution in [-0.2, 0) is 33.8 Å². The van der Waals surface area contributed by atoms with Crippen LogP contribution in [0.15, 0.2) is 47.5 Å². The molecule has 0 aliphatic heterocycles. The largest absolute Gasteiger partial charge is 0.450 e. The van der Waals surface area contributed by atoms with Crippen LogP contribution in [0.1, 0.15) is 48.1 Å². The molecule has 6 nitrogen and oxygen atoms in total. The molecule has 0 spiro atoms. The number of amides is 1. The second-order valence-corrected chi connectivity index (χ2v) is 10.7. The van der Waals surface area contributed by atoms with Crippen LogP contribution >= 0.6 is 0 Å². The Morgan fingerprint density at radius 2 is 1.78 bits per heavy atom. The van der Waals surface area contributed by atoms with Crippen molar-refractivity contribution < 1.29 is 31.1 Å². The van der Waals surface area contributed by atoms with Gasteiger partial charge in [-0.2, -0.15) is 13.2 Å². The van der Waals surface area contributed by atoms with Gasteiger partial charge in [0.1, 0.15) is 0 Å². The van der Waals surface area contributed by atoms with Gasteiger partial charge in [-0.3, -0.25) is 4.90 Å². The molecule has 36 heavy (non-hydrogen) atoms. The lowest BCUT2D eigenvalue weighted by molar-refractivity contribution is -0.137. The normalized spacial score (nSPS) is 12.1. The number of fused-ring (bicyclic) bond motifs is 1. The molecule has 0 aliphatic rings. The van der Waals surface area contributed by atoms with Gasteiger partial charge in [0.25, 0.3) is 0 Å². The number of aryl methyl sites for hydroxylation is 2. The van der Waals surface area contributed by atoms with Crippen LogP contribution in [0.4, 0.5) is 18.0 Å². The number of benzene rings is 2. The molecule has 0 bridgehead atoms. The second-order valence-electron chi connectivity index (χ2n) is 8.68. The smallest absolute Gasteiger partial charge is 0.416 e. The summed E-state index contributed by atoms with van der Waals surface area (Å²) in [5.74, 6) is -0.128. The number of alkyl halides is 3. The van der Waals surface area contributed by atoms with E-state index < -0.39 is 27.7 Å². The van der Waals surface area contributed by atoms with Crippen LogP contribution in [0.2, 0.25) is 0 Å².